The number of carbonyl (C=O) groups excluding carboxylic acids is 2. The molecule has 2 rings (SSSR count). The van der Waals surface area contributed by atoms with Gasteiger partial charge in [-0.1, -0.05) is 65.8 Å². The van der Waals surface area contributed by atoms with Crippen molar-refractivity contribution < 1.29 is 184 Å². The number of carbonyl (C=O) groups is 5. The smallest absolute Gasteiger partial charge is 0.335 e. The Bertz CT molecular complexity index is 3460. The quantitative estimate of drug-likeness (QED) is 0.0242. The second kappa shape index (κ2) is 74.3. The minimum atomic E-state index is -4.17. The number of aromatic carboxylic acids is 1. The normalized spacial score (nSPS) is 15.4. The number of hydrogen-bond donors (Lipinski definition) is 26. The molecule has 0 aliphatic heterocycles. The Balaban J connectivity index is -0.000000320. The summed E-state index contributed by atoms with van der Waals surface area (Å²) in [6, 6.07) is 12.9. The number of rotatable bonds is 55. The van der Waals surface area contributed by atoms with Gasteiger partial charge in [0, 0.05) is 86.5 Å². The summed E-state index contributed by atoms with van der Waals surface area (Å²) in [6.07, 6.45) is -6.07. The van der Waals surface area contributed by atoms with E-state index in [1.807, 2.05) is 26.0 Å². The third kappa shape index (κ3) is 78.2. The summed E-state index contributed by atoms with van der Waals surface area (Å²) >= 11 is 10.9. The zero-order valence-corrected chi connectivity index (χ0v) is 80.7. The zero-order valence-electron chi connectivity index (χ0n) is 70.8. The fraction of sp³-hybridized carbons (Fsp3) is 0.764. The Morgan fingerprint density at radius 2 is 0.740 bits per heavy atom. The number of esters is 1. The number of aliphatic carboxylic acids is 2. The highest BCUT2D eigenvalue weighted by Crippen LogP contribution is 2.42. The number of nitrogens with one attached hydrogen (secondary N) is 1. The van der Waals surface area contributed by atoms with Crippen molar-refractivity contribution in [2.24, 2.45) is 23.2 Å². The number of benzene rings is 2. The van der Waals surface area contributed by atoms with Crippen LogP contribution in [0.4, 0.5) is 0 Å². The van der Waals surface area contributed by atoms with E-state index in [9.17, 15) is 64.0 Å². The molecule has 728 valence electrons. The van der Waals surface area contributed by atoms with Crippen LogP contribution in [0.2, 0.25) is 0 Å². The fourth-order valence-corrected chi connectivity index (χ4v) is 18.8. The van der Waals surface area contributed by atoms with Crippen LogP contribution in [0.1, 0.15) is 109 Å². The lowest BCUT2D eigenvalue weighted by Gasteiger charge is -2.26. The number of aliphatic hydroxyl groups is 17. The lowest BCUT2D eigenvalue weighted by molar-refractivity contribution is -0.148. The summed E-state index contributed by atoms with van der Waals surface area (Å²) in [7, 11) is -16.3. The van der Waals surface area contributed by atoms with Gasteiger partial charge < -0.3 is 122 Å². The molecule has 39 nitrogen and oxygen atoms in total. The van der Waals surface area contributed by atoms with Gasteiger partial charge in [0.25, 0.3) is 30.4 Å². The average molecular weight is 2010 g/mol. The fourth-order valence-electron chi connectivity index (χ4n) is 7.33. The van der Waals surface area contributed by atoms with Crippen LogP contribution in [0.25, 0.3) is 0 Å². The highest BCUT2D eigenvalue weighted by atomic mass is 32.2. The van der Waals surface area contributed by atoms with E-state index in [1.165, 1.54) is 122 Å². The van der Waals surface area contributed by atoms with Gasteiger partial charge in [0.15, 0.2) is 0 Å². The molecule has 0 saturated carbocycles. The Kier molecular flexibility index (Phi) is 79.5. The van der Waals surface area contributed by atoms with Crippen LogP contribution >= 0.6 is 102 Å². The molecule has 26 N–H and O–H groups in total. The van der Waals surface area contributed by atoms with Crippen molar-refractivity contribution in [2.75, 3.05) is 164 Å². The second-order valence-electron chi connectivity index (χ2n) is 28.7. The van der Waals surface area contributed by atoms with Crippen molar-refractivity contribution in [3.05, 3.63) is 65.2 Å². The highest BCUT2D eigenvalue weighted by Gasteiger charge is 2.30. The van der Waals surface area contributed by atoms with Crippen LogP contribution in [0.5, 0.6) is 0 Å². The third-order valence-corrected chi connectivity index (χ3v) is 30.9. The molecule has 15 unspecified atom stereocenters. The van der Waals surface area contributed by atoms with Crippen molar-refractivity contribution in [2.45, 2.75) is 158 Å². The van der Waals surface area contributed by atoms with Crippen molar-refractivity contribution in [1.29, 1.82) is 0 Å². The van der Waals surface area contributed by atoms with Gasteiger partial charge in [0.2, 0.25) is 5.91 Å². The van der Waals surface area contributed by atoms with Gasteiger partial charge in [-0.05, 0) is 93.4 Å². The highest BCUT2D eigenvalue weighted by molar-refractivity contribution is 8.01. The van der Waals surface area contributed by atoms with E-state index in [2.05, 4.69) is 5.32 Å². The monoisotopic (exact) mass is 2010 g/mol. The largest absolute Gasteiger partial charge is 0.481 e. The first-order valence-corrected chi connectivity index (χ1v) is 53.0. The Labute approximate surface area is 756 Å². The molecule has 0 aliphatic carbocycles. The number of thioether (sulfide) groups is 8. The van der Waals surface area contributed by atoms with E-state index >= 15 is 0 Å². The minimum Gasteiger partial charge on any atom is -0.481 e. The molecule has 0 aromatic heterocycles. The first kappa shape index (κ1) is 132. The van der Waals surface area contributed by atoms with E-state index in [-0.39, 0.29) is 129 Å². The first-order chi connectivity index (χ1) is 56.7. The molecule has 0 heterocycles. The molecule has 0 bridgehead atoms. The summed E-state index contributed by atoms with van der Waals surface area (Å²) in [5.41, 5.74) is -0.226. The molecule has 2 aromatic rings. The van der Waals surface area contributed by atoms with Gasteiger partial charge in [-0.15, -0.1) is 0 Å². The predicted molar refractivity (Wildman–Crippen MR) is 486 cm³/mol. The number of amides is 1. The molecule has 2 aromatic carbocycles. The van der Waals surface area contributed by atoms with Crippen LogP contribution in [-0.2, 0) is 58.8 Å². The molecule has 123 heavy (non-hydrogen) atoms. The summed E-state index contributed by atoms with van der Waals surface area (Å²) in [5.74, 6) is 2.48. The summed E-state index contributed by atoms with van der Waals surface area (Å²) in [5, 5.41) is 177. The summed E-state index contributed by atoms with van der Waals surface area (Å²) in [4.78, 5) is 72.0. The minimum absolute atomic E-state index is 0.0209. The lowest BCUT2D eigenvalue weighted by Crippen LogP contribution is -2.50. The van der Waals surface area contributed by atoms with Crippen LogP contribution in [0, 0.1) is 23.2 Å². The van der Waals surface area contributed by atoms with Crippen LogP contribution in [0.15, 0.2) is 53.4 Å². The molecular formula is C72H136NO38PS11. The maximum atomic E-state index is 11.9. The van der Waals surface area contributed by atoms with Gasteiger partial charge in [-0.3, -0.25) is 37.4 Å². The predicted octanol–water partition coefficient (Wildman–Crippen LogP) is 0.399. The Morgan fingerprint density at radius 3 is 1.03 bits per heavy atom. The van der Waals surface area contributed by atoms with Gasteiger partial charge >= 0.3 is 31.5 Å². The van der Waals surface area contributed by atoms with Crippen LogP contribution in [0.3, 0.4) is 0 Å². The first-order valence-electron chi connectivity index (χ1n) is 37.6. The van der Waals surface area contributed by atoms with Gasteiger partial charge in [-0.2, -0.15) is 119 Å². The molecule has 0 radical (unpaired) electrons. The van der Waals surface area contributed by atoms with Gasteiger partial charge in [-0.25, -0.2) is 4.79 Å². The van der Waals surface area contributed by atoms with E-state index in [0.717, 1.165) is 22.6 Å². The molecule has 0 aliphatic rings. The number of aliphatic hydroxyl groups excluding tert-OH is 17. The number of carboxylic acids is 3. The Hall–Kier alpha value is -2.21. The molecule has 51 heteroatoms. The molecule has 0 fully saturated rings. The second-order valence-corrected chi connectivity index (χ2v) is 44.0. The summed E-state index contributed by atoms with van der Waals surface area (Å²) < 4.78 is 106. The maximum Gasteiger partial charge on any atom is 0.335 e. The van der Waals surface area contributed by atoms with Crippen molar-refractivity contribution >= 4 is 162 Å². The number of ether oxygens (including phenoxy) is 1. The lowest BCUT2D eigenvalue weighted by atomic mass is 9.97. The Morgan fingerprint density at radius 1 is 0.431 bits per heavy atom. The third-order valence-electron chi connectivity index (χ3n) is 14.9. The molecule has 0 saturated heterocycles. The van der Waals surface area contributed by atoms with Crippen molar-refractivity contribution in [1.82, 2.24) is 5.32 Å². The van der Waals surface area contributed by atoms with E-state index < -0.39 is 138 Å². The zero-order chi connectivity index (χ0) is 96.7. The number of hydrogen-bond acceptors (Lipinski definition) is 38. The molecular weight excluding hydrogens is 1870 g/mol. The molecule has 0 spiro atoms. The van der Waals surface area contributed by atoms with Crippen molar-refractivity contribution in [3.63, 3.8) is 0 Å². The number of carboxylic acid groups (broad SMARTS) is 3. The van der Waals surface area contributed by atoms with Crippen LogP contribution < -0.4 is 5.32 Å². The van der Waals surface area contributed by atoms with Crippen molar-refractivity contribution in [3.8, 4) is 0 Å². The van der Waals surface area contributed by atoms with Crippen LogP contribution in [-0.4, -0.2) is 410 Å². The van der Waals surface area contributed by atoms with E-state index in [4.69, 9.17) is 120 Å². The standard InChI is InChI=1S/C13H18O4S.C12H18O5S2.C11H23NO6S2.C9H18O5S.C8H16O4S.C7H14O4S.C6H15O5PS.C6H14O5S2/c1-9(7-18-8-12(15)6-14)10-2-4-11(5-3-10)13(16)17;1-9(7-18-8-11(14)6-13)10-2-4-12(5-3-10)19(15,16)17;1-8(5-19-6-9(14)4-13)10(15)12-11(2,3)7-20(16,17)18;1-7(9(13)14-3-2-10)5-15-6-8(12)4-11;1-8(2,7(11)12)5-13-4-6(10)3-9;1-5(7(10)11)3-12-4-6(9)2-8;1-5(12(9,10)11)3-13-4-6(8)2-7;1-5(13(9,10)11)3-12-4-6(8)2-7/h2-5,9,12,14-15H,6-8H2,1H3,(H,16,17);2-5,9,11,13-14H,6-8H2,1H3,(H,15,16,17);8-9,13-14H,4-7H2,1-3H3,(H,12,15)(H,16,17,18);7-8,10-12H,2-6H2,1H3;6,9-10H,3-5H2,1-2H3,(H,11,12);5-6,8-9H,2-4H2,1H3,(H,10,11);5-8H,2-4H2,1H3,(H2,9,10,11);5-8H,2-4H2,1H3,(H,9,10,11). The van der Waals surface area contributed by atoms with Gasteiger partial charge in [0.1, 0.15) is 6.61 Å². The SMILES string of the molecule is CC(C)(CSCC(O)CO)C(=O)O.CC(CSCC(O)CO)C(=O)NC(C)(C)CS(=O)(=O)O.CC(CSCC(O)CO)C(=O)O.CC(CSCC(O)CO)C(=O)OCCO.CC(CSCC(O)CO)P(=O)(O)O.CC(CSCC(O)CO)S(=O)(=O)O.CC(CSCC(O)CO)c1ccc(C(=O)O)cc1.CC(CSCC(O)CO)c1ccc(S(=O)(=O)O)cc1. The van der Waals surface area contributed by atoms with Gasteiger partial charge in [0.05, 0.1) is 158 Å². The van der Waals surface area contributed by atoms with E-state index in [0.29, 0.717) is 63.3 Å². The van der Waals surface area contributed by atoms with E-state index in [1.54, 1.807) is 70.6 Å². The average Bonchev–Trinajstić information content (AvgIpc) is 0.848. The molecule has 15 atom stereocenters. The maximum absolute atomic E-state index is 11.9. The summed E-state index contributed by atoms with van der Waals surface area (Å²) in [6.45, 7) is 15.8. The topological polar surface area (TPSA) is 732 Å². The molecule has 1 amide bonds.